The molecule has 20 rings (SSSR count). The molecule has 1 unspecified atom stereocenters. The summed E-state index contributed by atoms with van der Waals surface area (Å²) in [5.74, 6) is 6.38. The lowest BCUT2D eigenvalue weighted by molar-refractivity contribution is 0.109. The Kier molecular flexibility index (Phi) is 30.9. The number of hydrogen-bond donors (Lipinski definition) is 0. The van der Waals surface area contributed by atoms with E-state index in [4.69, 9.17) is 37.9 Å². The van der Waals surface area contributed by atoms with Crippen molar-refractivity contribution in [3.63, 3.8) is 0 Å². The van der Waals surface area contributed by atoms with Gasteiger partial charge >= 0.3 is 0 Å². The molecule has 1 atom stereocenters. The lowest BCUT2D eigenvalue weighted by Gasteiger charge is -2.37. The highest BCUT2D eigenvalue weighted by Gasteiger charge is 2.38. The van der Waals surface area contributed by atoms with Gasteiger partial charge in [-0.05, 0) is 338 Å². The van der Waals surface area contributed by atoms with Gasteiger partial charge in [0.2, 0.25) is 0 Å². The van der Waals surface area contributed by atoms with E-state index in [9.17, 15) is 33.6 Å². The van der Waals surface area contributed by atoms with Crippen molar-refractivity contribution < 1.29 is 71.5 Å². The summed E-state index contributed by atoms with van der Waals surface area (Å²) < 4.78 is 43.0. The van der Waals surface area contributed by atoms with Crippen molar-refractivity contribution in [1.82, 2.24) is 0 Å². The Balaban J connectivity index is 0.000000135. The fourth-order valence-electron chi connectivity index (χ4n) is 17.9. The molecule has 16 nitrogen and oxygen atoms in total. The molecular formula is C122H107NO15. The zero-order valence-electron chi connectivity index (χ0n) is 78.8. The predicted octanol–water partition coefficient (Wildman–Crippen LogP) is 28.9. The second kappa shape index (κ2) is 43.9. The molecule has 0 spiro atoms. The van der Waals surface area contributed by atoms with Gasteiger partial charge in [0.1, 0.15) is 59.7 Å². The Morgan fingerprint density at radius 3 is 1.12 bits per heavy atom. The first kappa shape index (κ1) is 97.2. The first-order valence-corrected chi connectivity index (χ1v) is 44.6. The number of hydrogen-bond acceptors (Lipinski definition) is 16. The molecule has 0 saturated carbocycles. The molecule has 3 aliphatic rings. The van der Waals surface area contributed by atoms with Crippen molar-refractivity contribution in [3.05, 3.63) is 409 Å². The maximum absolute atomic E-state index is 11.6. The predicted molar refractivity (Wildman–Crippen MR) is 560 cm³/mol. The summed E-state index contributed by atoms with van der Waals surface area (Å²) in [6.45, 7) is 12.3. The number of aryl methyl sites for hydroxylation is 5. The Labute approximate surface area is 804 Å². The molecule has 0 heterocycles. The largest absolute Gasteiger partial charge is 0.497 e. The van der Waals surface area contributed by atoms with Crippen molar-refractivity contribution in [2.75, 3.05) is 61.8 Å². The van der Waals surface area contributed by atoms with E-state index in [1.165, 1.54) is 77.2 Å². The van der Waals surface area contributed by atoms with Crippen LogP contribution in [-0.2, 0) is 11.2 Å². The van der Waals surface area contributed by atoms with Gasteiger partial charge in [-0.25, -0.2) is 0 Å². The molecule has 0 bridgehead atoms. The maximum Gasteiger partial charge on any atom is 0.161 e. The monoisotopic (exact) mass is 1830 g/mol. The second-order valence-electron chi connectivity index (χ2n) is 33.6. The summed E-state index contributed by atoms with van der Waals surface area (Å²) in [4.78, 5) is 81.4. The summed E-state index contributed by atoms with van der Waals surface area (Å²) in [6, 6.07) is 94.1. The molecule has 0 aromatic heterocycles. The van der Waals surface area contributed by atoms with Crippen molar-refractivity contribution in [2.45, 2.75) is 61.3 Å². The third-order valence-corrected chi connectivity index (χ3v) is 25.2. The third kappa shape index (κ3) is 20.6. The fraction of sp³-hybridized carbons (Fsp3) is 0.139. The van der Waals surface area contributed by atoms with Crippen molar-refractivity contribution >= 4 is 132 Å². The summed E-state index contributed by atoms with van der Waals surface area (Å²) in [5.41, 5.74) is 26.7. The van der Waals surface area contributed by atoms with Crippen molar-refractivity contribution in [1.29, 1.82) is 0 Å². The molecule has 0 aliphatic heterocycles. The van der Waals surface area contributed by atoms with Crippen LogP contribution in [0.3, 0.4) is 0 Å². The standard InChI is InChI=1S/C27H22O2.C24H18O5.C21H19NO2.C21H16O2.C20H18O3.C8H10O.CH4/c1-19-3-7-21(8-4-19)24-15-25(22-9-5-20(18-28)6-10-22)17-26(16-24)23-11-13-27(29-2)14-12-23;1-13-4-17-18(5-14(13)10-25)21-8-23(28-2)24(29-3)9-22(21)20-7-16(12-27)15(11-26)6-19(17)20;1-16-3-7-18(8-4-16)22(19-9-5-17(15-23)6-10-19)20-11-13-21(24-2)14-12-20;1-13-3-6-18-19(9-13)20-10-14(12-22)4-7-16(20)17-8-5-15(23-2)11-21(17)18;1-11-8-17(22-2)15-6-7-16-18(23-3)9-12(10-21)14-5-4-13(11)19(15)20(14)16;1-7-3-5-8(9-2)6-4-7;/h3-18H,1-2H3;4-12H,1-3H3;3-15H,1-2H3;3-12H,1-2H3;4-6,8-10,19H,7H2,1-3H3;3-6H,1-2H3;1H4. The van der Waals surface area contributed by atoms with Gasteiger partial charge < -0.3 is 42.8 Å². The Hall–Kier alpha value is -16.9. The Morgan fingerprint density at radius 2 is 0.645 bits per heavy atom. The molecule has 0 N–H and O–H groups in total. The number of rotatable bonds is 21. The Morgan fingerprint density at radius 1 is 0.283 bits per heavy atom. The highest BCUT2D eigenvalue weighted by molar-refractivity contribution is 6.28. The van der Waals surface area contributed by atoms with Gasteiger partial charge in [-0.15, -0.1) is 0 Å². The Bertz CT molecular complexity index is 7620. The van der Waals surface area contributed by atoms with Crippen molar-refractivity contribution in [2.24, 2.45) is 0 Å². The van der Waals surface area contributed by atoms with E-state index in [1.807, 2.05) is 171 Å². The van der Waals surface area contributed by atoms with Gasteiger partial charge in [0.05, 0.1) is 56.9 Å². The average molecular weight is 1830 g/mol. The second-order valence-corrected chi connectivity index (χ2v) is 33.6. The average Bonchev–Trinajstić information content (AvgIpc) is 0.725. The number of benzene rings is 17. The number of carbonyl (C=O) groups excluding carboxylic acids is 7. The van der Waals surface area contributed by atoms with Gasteiger partial charge in [0.15, 0.2) is 30.4 Å². The molecular weight excluding hydrogens is 1720 g/mol. The molecule has 3 aliphatic carbocycles. The van der Waals surface area contributed by atoms with Crippen LogP contribution in [0.15, 0.2) is 326 Å². The smallest absolute Gasteiger partial charge is 0.161 e. The van der Waals surface area contributed by atoms with Crippen LogP contribution in [0.5, 0.6) is 40.2 Å². The SMILES string of the molecule is C.COC1=CC(C)=C2C=Cc3c(C=O)cc(OC)c4c3C2C1=CC4.COc1cc2c3cc(C=O)c(C)cc3c3cc(C=O)c(C=O)cc3c2cc1OC.COc1ccc(-c2cc(-c3ccc(C)cc3)cc(-c3ccc(C=O)cc3)c2)cc1.COc1ccc(C)cc1.COc1ccc(N(c2ccc(C)cc2)c2ccc(C=O)cc2)cc1.COc1ccc2c3ccc(C=O)cc3c3cc(C)ccc3c2c1. The summed E-state index contributed by atoms with van der Waals surface area (Å²) >= 11 is 0. The van der Waals surface area contributed by atoms with Gasteiger partial charge in [-0.1, -0.05) is 175 Å². The van der Waals surface area contributed by atoms with Crippen LogP contribution in [-0.4, -0.2) is 101 Å². The number of aldehydes is 7. The van der Waals surface area contributed by atoms with E-state index in [0.29, 0.717) is 63.0 Å². The summed E-state index contributed by atoms with van der Waals surface area (Å²) in [7, 11) is 13.2. The fourth-order valence-corrected chi connectivity index (χ4v) is 17.9. The highest BCUT2D eigenvalue weighted by Crippen LogP contribution is 2.53. The molecule has 0 fully saturated rings. The lowest BCUT2D eigenvalue weighted by atomic mass is 9.68. The normalized spacial score (nSPS) is 12.2. The first-order chi connectivity index (χ1) is 66.6. The van der Waals surface area contributed by atoms with Crippen LogP contribution in [0, 0.1) is 34.6 Å². The minimum absolute atomic E-state index is 0. The van der Waals surface area contributed by atoms with E-state index in [1.54, 1.807) is 69.0 Å². The lowest BCUT2D eigenvalue weighted by Crippen LogP contribution is -2.22. The number of fused-ring (bicyclic) bond motifs is 12. The van der Waals surface area contributed by atoms with E-state index >= 15 is 0 Å². The van der Waals surface area contributed by atoms with Gasteiger partial charge in [-0.3, -0.25) is 33.6 Å². The summed E-state index contributed by atoms with van der Waals surface area (Å²) in [5, 5.41) is 12.1. The van der Waals surface area contributed by atoms with E-state index < -0.39 is 0 Å². The van der Waals surface area contributed by atoms with Crippen LogP contribution >= 0.6 is 0 Å². The molecule has 690 valence electrons. The van der Waals surface area contributed by atoms with Gasteiger partial charge in [-0.2, -0.15) is 0 Å². The number of allylic oxidation sites excluding steroid dienone is 6. The van der Waals surface area contributed by atoms with Gasteiger partial charge in [0.25, 0.3) is 0 Å². The number of anilines is 3. The van der Waals surface area contributed by atoms with Crippen LogP contribution < -0.4 is 38.1 Å². The van der Waals surface area contributed by atoms with Crippen LogP contribution in [0.4, 0.5) is 17.1 Å². The summed E-state index contributed by atoms with van der Waals surface area (Å²) in [6.07, 6.45) is 15.0. The number of ether oxygens (including phenoxy) is 8. The van der Waals surface area contributed by atoms with Crippen LogP contribution in [0.2, 0.25) is 0 Å². The minimum Gasteiger partial charge on any atom is -0.497 e. The molecule has 0 saturated heterocycles. The zero-order valence-corrected chi connectivity index (χ0v) is 78.8. The first-order valence-electron chi connectivity index (χ1n) is 44.6. The highest BCUT2D eigenvalue weighted by atomic mass is 16.5. The van der Waals surface area contributed by atoms with E-state index in [-0.39, 0.29) is 13.3 Å². The van der Waals surface area contributed by atoms with E-state index in [2.05, 4.69) is 173 Å². The van der Waals surface area contributed by atoms with Crippen LogP contribution in [0.1, 0.15) is 137 Å². The van der Waals surface area contributed by atoms with Gasteiger partial charge in [0, 0.05) is 73.1 Å². The third-order valence-electron chi connectivity index (χ3n) is 25.2. The molecule has 0 radical (unpaired) electrons. The molecule has 138 heavy (non-hydrogen) atoms. The number of carbonyl (C=O) groups is 7. The zero-order chi connectivity index (χ0) is 96.7. The number of methoxy groups -OCH3 is 8. The molecule has 0 amide bonds. The molecule has 17 aromatic rings. The van der Waals surface area contributed by atoms with E-state index in [0.717, 1.165) is 171 Å². The maximum atomic E-state index is 11.6. The minimum atomic E-state index is 0. The topological polar surface area (TPSA) is 197 Å². The van der Waals surface area contributed by atoms with Crippen molar-refractivity contribution in [3.8, 4) is 73.6 Å². The molecule has 16 heteroatoms. The number of nitrogens with zero attached hydrogens (tertiary/aromatic N) is 1. The molecule has 17 aromatic carbocycles. The van der Waals surface area contributed by atoms with Crippen LogP contribution in [0.25, 0.3) is 104 Å². The quantitative estimate of drug-likeness (QED) is 0.0486.